The maximum absolute atomic E-state index is 15.0. The molecule has 2 aromatic carbocycles. The Morgan fingerprint density at radius 2 is 2.04 bits per heavy atom. The van der Waals surface area contributed by atoms with Crippen LogP contribution < -0.4 is 15.9 Å². The molecule has 0 fully saturated rings. The van der Waals surface area contributed by atoms with Gasteiger partial charge in [0.25, 0.3) is 6.47 Å². The Morgan fingerprint density at radius 3 is 2.74 bits per heavy atom. The van der Waals surface area contributed by atoms with E-state index in [1.807, 2.05) is 0 Å². The molecule has 0 atom stereocenters. The third kappa shape index (κ3) is 3.63. The summed E-state index contributed by atoms with van der Waals surface area (Å²) in [5, 5.41) is 17.8. The Hall–Kier alpha value is -3.34. The first-order valence-corrected chi connectivity index (χ1v) is 7.48. The van der Waals surface area contributed by atoms with Crippen LogP contribution in [0.15, 0.2) is 36.5 Å². The minimum atomic E-state index is -3.21. The number of benzene rings is 2. The molecule has 138 valence electrons. The molecule has 0 saturated carbocycles. The number of nitrogen functional groups attached to an aromatic ring is 1. The summed E-state index contributed by atoms with van der Waals surface area (Å²) in [5.41, 5.74) is 5.73. The Bertz CT molecular complexity index is 1010. The number of rotatable bonds is 6. The number of aromatic nitrogens is 2. The van der Waals surface area contributed by atoms with E-state index in [1.165, 1.54) is 24.4 Å². The van der Waals surface area contributed by atoms with E-state index < -0.39 is 30.8 Å². The molecular formula is C16H11BF3N3O4. The van der Waals surface area contributed by atoms with Crippen molar-refractivity contribution < 1.29 is 32.4 Å². The van der Waals surface area contributed by atoms with Gasteiger partial charge in [0.2, 0.25) is 0 Å². The van der Waals surface area contributed by atoms with E-state index in [1.54, 1.807) is 0 Å². The van der Waals surface area contributed by atoms with Gasteiger partial charge in [0, 0.05) is 10.8 Å². The van der Waals surface area contributed by atoms with Crippen LogP contribution in [0, 0.1) is 5.82 Å². The molecule has 11 heteroatoms. The van der Waals surface area contributed by atoms with Crippen LogP contribution in [0.2, 0.25) is 0 Å². The van der Waals surface area contributed by atoms with Crippen molar-refractivity contribution in [1.29, 1.82) is 0 Å². The molecule has 0 aliphatic rings. The van der Waals surface area contributed by atoms with Gasteiger partial charge in [-0.15, -0.1) is 0 Å². The van der Waals surface area contributed by atoms with Crippen LogP contribution in [0.1, 0.15) is 0 Å². The van der Waals surface area contributed by atoms with E-state index in [9.17, 15) is 23.0 Å². The quantitative estimate of drug-likeness (QED) is 0.495. The highest BCUT2D eigenvalue weighted by Crippen LogP contribution is 2.35. The summed E-state index contributed by atoms with van der Waals surface area (Å²) in [7, 11) is -1.92. The average molecular weight is 377 g/mol. The van der Waals surface area contributed by atoms with Crippen molar-refractivity contribution in [1.82, 2.24) is 10.2 Å². The lowest BCUT2D eigenvalue weighted by Crippen LogP contribution is -2.36. The summed E-state index contributed by atoms with van der Waals surface area (Å²) < 4.78 is 49.1. The summed E-state index contributed by atoms with van der Waals surface area (Å²) >= 11 is 0. The molecule has 3 rings (SSSR count). The Labute approximate surface area is 150 Å². The standard InChI is InChI=1S/C16H11BF3N3O4/c18-15-10(17(25)26-7-24)3-4-13(27-16(19)20)14(15)8-1-2-9-11(21)6-22-23-12(9)5-8/h1-7,16,25H,(H2,21,23). The van der Waals surface area contributed by atoms with Gasteiger partial charge in [-0.3, -0.25) is 4.79 Å². The van der Waals surface area contributed by atoms with Crippen molar-refractivity contribution >= 4 is 35.6 Å². The third-order valence-electron chi connectivity index (χ3n) is 3.76. The molecule has 0 unspecified atom stereocenters. The van der Waals surface area contributed by atoms with Crippen molar-refractivity contribution in [3.05, 3.63) is 42.3 Å². The van der Waals surface area contributed by atoms with Gasteiger partial charge in [0.05, 0.1) is 23.0 Å². The van der Waals surface area contributed by atoms with E-state index in [0.717, 1.165) is 12.1 Å². The zero-order valence-electron chi connectivity index (χ0n) is 13.5. The first-order chi connectivity index (χ1) is 12.9. The second-order valence-corrected chi connectivity index (χ2v) is 5.34. The maximum Gasteiger partial charge on any atom is 0.564 e. The zero-order chi connectivity index (χ0) is 19.6. The van der Waals surface area contributed by atoms with Crippen LogP contribution in [0.4, 0.5) is 18.9 Å². The smallest absolute Gasteiger partial charge is 0.508 e. The lowest BCUT2D eigenvalue weighted by molar-refractivity contribution is -0.121. The van der Waals surface area contributed by atoms with Crippen LogP contribution in [0.3, 0.4) is 0 Å². The molecule has 0 spiro atoms. The molecule has 0 aliphatic carbocycles. The molecule has 0 bridgehead atoms. The summed E-state index contributed by atoms with van der Waals surface area (Å²) in [6.45, 7) is -3.28. The summed E-state index contributed by atoms with van der Waals surface area (Å²) in [6.07, 6.45) is 1.33. The SMILES string of the molecule is Nc1cnnc2cc(-c3c(OC(F)F)ccc(B(O)OC=O)c3F)ccc12. The van der Waals surface area contributed by atoms with Crippen molar-refractivity contribution in [2.75, 3.05) is 5.73 Å². The number of carbonyl (C=O) groups is 1. The zero-order valence-corrected chi connectivity index (χ0v) is 13.5. The van der Waals surface area contributed by atoms with Crippen molar-refractivity contribution in [2.45, 2.75) is 6.61 Å². The van der Waals surface area contributed by atoms with E-state index in [-0.39, 0.29) is 17.6 Å². The fraction of sp³-hybridized carbons (Fsp3) is 0.0625. The fourth-order valence-electron chi connectivity index (χ4n) is 2.59. The van der Waals surface area contributed by atoms with Gasteiger partial charge in [-0.25, -0.2) is 4.39 Å². The topological polar surface area (TPSA) is 108 Å². The Kier molecular flexibility index (Phi) is 5.13. The van der Waals surface area contributed by atoms with Crippen LogP contribution in [-0.4, -0.2) is 35.4 Å². The Balaban J connectivity index is 2.22. The van der Waals surface area contributed by atoms with Gasteiger partial charge >= 0.3 is 13.7 Å². The Morgan fingerprint density at radius 1 is 1.26 bits per heavy atom. The number of hydrogen-bond donors (Lipinski definition) is 2. The third-order valence-corrected chi connectivity index (χ3v) is 3.76. The summed E-state index contributed by atoms with van der Waals surface area (Å²) in [4.78, 5) is 10.4. The van der Waals surface area contributed by atoms with Crippen molar-refractivity contribution in [3.63, 3.8) is 0 Å². The number of nitrogens with two attached hydrogens (primary N) is 1. The molecule has 1 heterocycles. The first kappa shape index (κ1) is 18.5. The number of ether oxygens (including phenoxy) is 1. The summed E-state index contributed by atoms with van der Waals surface area (Å²) in [5.74, 6) is -1.57. The molecule has 27 heavy (non-hydrogen) atoms. The molecular weight excluding hydrogens is 366 g/mol. The highest BCUT2D eigenvalue weighted by molar-refractivity contribution is 6.61. The first-order valence-electron chi connectivity index (χ1n) is 7.48. The largest absolute Gasteiger partial charge is 0.564 e. The number of halogens is 3. The van der Waals surface area contributed by atoms with Crippen LogP contribution in [0.5, 0.6) is 5.75 Å². The number of hydrogen-bond acceptors (Lipinski definition) is 7. The van der Waals surface area contributed by atoms with Gasteiger partial charge in [-0.05, 0) is 23.8 Å². The van der Waals surface area contributed by atoms with Crippen LogP contribution in [-0.2, 0) is 9.45 Å². The summed E-state index contributed by atoms with van der Waals surface area (Å²) in [6, 6.07) is 6.33. The van der Waals surface area contributed by atoms with Crippen molar-refractivity contribution in [3.8, 4) is 16.9 Å². The van der Waals surface area contributed by atoms with Gasteiger partial charge in [-0.2, -0.15) is 19.0 Å². The predicted octanol–water partition coefficient (Wildman–Crippen LogP) is 1.48. The van der Waals surface area contributed by atoms with Gasteiger partial charge in [-0.1, -0.05) is 12.1 Å². The minimum Gasteiger partial charge on any atom is -0.508 e. The van der Waals surface area contributed by atoms with Gasteiger partial charge in [0.15, 0.2) is 0 Å². The number of fused-ring (bicyclic) bond motifs is 1. The van der Waals surface area contributed by atoms with Gasteiger partial charge in [0.1, 0.15) is 11.6 Å². The normalized spacial score (nSPS) is 10.9. The lowest BCUT2D eigenvalue weighted by Gasteiger charge is -2.15. The maximum atomic E-state index is 15.0. The lowest BCUT2D eigenvalue weighted by atomic mass is 9.77. The molecule has 0 saturated heterocycles. The molecule has 7 nitrogen and oxygen atoms in total. The second kappa shape index (κ2) is 7.50. The highest BCUT2D eigenvalue weighted by Gasteiger charge is 2.28. The monoisotopic (exact) mass is 377 g/mol. The predicted molar refractivity (Wildman–Crippen MR) is 90.7 cm³/mol. The number of alkyl halides is 2. The van der Waals surface area contributed by atoms with Crippen LogP contribution in [0.25, 0.3) is 22.0 Å². The second-order valence-electron chi connectivity index (χ2n) is 5.34. The number of anilines is 1. The number of carbonyl (C=O) groups excluding carboxylic acids is 1. The number of nitrogens with zero attached hydrogens (tertiary/aromatic N) is 2. The van der Waals surface area contributed by atoms with Crippen LogP contribution >= 0.6 is 0 Å². The van der Waals surface area contributed by atoms with E-state index in [0.29, 0.717) is 16.6 Å². The van der Waals surface area contributed by atoms with E-state index in [4.69, 9.17) is 5.73 Å². The molecule has 3 aromatic rings. The van der Waals surface area contributed by atoms with Gasteiger partial charge < -0.3 is 20.1 Å². The van der Waals surface area contributed by atoms with Crippen molar-refractivity contribution in [2.24, 2.45) is 0 Å². The molecule has 3 N–H and O–H groups in total. The molecule has 1 aromatic heterocycles. The fourth-order valence-corrected chi connectivity index (χ4v) is 2.59. The highest BCUT2D eigenvalue weighted by atomic mass is 19.3. The molecule has 0 aliphatic heterocycles. The van der Waals surface area contributed by atoms with E-state index in [2.05, 4.69) is 19.6 Å². The average Bonchev–Trinajstić information content (AvgIpc) is 2.61. The van der Waals surface area contributed by atoms with E-state index >= 15 is 0 Å². The minimum absolute atomic E-state index is 0.0677. The molecule has 0 amide bonds. The molecule has 0 radical (unpaired) electrons.